The van der Waals surface area contributed by atoms with Crippen molar-refractivity contribution in [2.45, 2.75) is 58.4 Å². The lowest BCUT2D eigenvalue weighted by molar-refractivity contribution is -0.164. The molecule has 4 aliphatic rings. The molecule has 0 aromatic carbocycles. The highest BCUT2D eigenvalue weighted by Gasteiger charge is 2.58. The van der Waals surface area contributed by atoms with Crippen molar-refractivity contribution in [2.75, 3.05) is 0 Å². The molecule has 7 heteroatoms. The molecular weight excluding hydrogens is 322 g/mol. The Labute approximate surface area is 146 Å². The standard InChI is InChI=1S/C18H25N3O4/c1-9(16-20-10(2)21-25-16)19-15(22)14(17(23)24)18-6-11-3-12(7-18)5-13(4-11)8-18/h9,11-14H,3-8H2,1-2H3,(H,19,22)(H,23,24). The van der Waals surface area contributed by atoms with Crippen LogP contribution in [0.5, 0.6) is 0 Å². The summed E-state index contributed by atoms with van der Waals surface area (Å²) in [6, 6.07) is -0.496. The molecule has 2 unspecified atom stereocenters. The van der Waals surface area contributed by atoms with Crippen molar-refractivity contribution in [3.8, 4) is 0 Å². The first-order chi connectivity index (χ1) is 11.9. The Hall–Kier alpha value is -1.92. The number of aryl methyl sites for hydroxylation is 1. The topological polar surface area (TPSA) is 105 Å². The molecular formula is C18H25N3O4. The second-order valence-electron chi connectivity index (χ2n) is 8.46. The van der Waals surface area contributed by atoms with Gasteiger partial charge in [-0.25, -0.2) is 0 Å². The van der Waals surface area contributed by atoms with Gasteiger partial charge in [-0.15, -0.1) is 0 Å². The molecule has 25 heavy (non-hydrogen) atoms. The number of aromatic nitrogens is 2. The molecule has 7 nitrogen and oxygen atoms in total. The van der Waals surface area contributed by atoms with Crippen LogP contribution >= 0.6 is 0 Å². The zero-order valence-corrected chi connectivity index (χ0v) is 14.7. The number of amides is 1. The second-order valence-corrected chi connectivity index (χ2v) is 8.46. The summed E-state index contributed by atoms with van der Waals surface area (Å²) in [5.74, 6) is 0.164. The number of hydrogen-bond acceptors (Lipinski definition) is 5. The van der Waals surface area contributed by atoms with E-state index in [4.69, 9.17) is 4.52 Å². The first kappa shape index (κ1) is 16.5. The van der Waals surface area contributed by atoms with Crippen LogP contribution in [-0.2, 0) is 9.59 Å². The summed E-state index contributed by atoms with van der Waals surface area (Å²) in [5, 5.41) is 16.4. The minimum atomic E-state index is -1.01. The summed E-state index contributed by atoms with van der Waals surface area (Å²) >= 11 is 0. The monoisotopic (exact) mass is 347 g/mol. The third-order valence-corrected chi connectivity index (χ3v) is 6.48. The molecule has 4 fully saturated rings. The summed E-state index contributed by atoms with van der Waals surface area (Å²) in [5.41, 5.74) is -0.380. The Kier molecular flexibility index (Phi) is 3.85. The molecule has 0 saturated heterocycles. The van der Waals surface area contributed by atoms with E-state index >= 15 is 0 Å². The van der Waals surface area contributed by atoms with Crippen molar-refractivity contribution in [2.24, 2.45) is 29.1 Å². The zero-order valence-electron chi connectivity index (χ0n) is 14.7. The van der Waals surface area contributed by atoms with E-state index in [1.165, 1.54) is 19.3 Å². The number of aliphatic carboxylic acids is 1. The fourth-order valence-corrected chi connectivity index (χ4v) is 6.03. The lowest BCUT2D eigenvalue weighted by Crippen LogP contribution is -2.55. The van der Waals surface area contributed by atoms with E-state index in [0.29, 0.717) is 29.5 Å². The molecule has 1 aromatic rings. The fraction of sp³-hybridized carbons (Fsp3) is 0.778. The number of carboxylic acids is 1. The first-order valence-electron chi connectivity index (χ1n) is 9.19. The van der Waals surface area contributed by atoms with Crippen molar-refractivity contribution in [1.29, 1.82) is 0 Å². The lowest BCUT2D eigenvalue weighted by atomic mass is 9.46. The number of carbonyl (C=O) groups excluding carboxylic acids is 1. The molecule has 2 N–H and O–H groups in total. The van der Waals surface area contributed by atoms with Crippen molar-refractivity contribution >= 4 is 11.9 Å². The van der Waals surface area contributed by atoms with E-state index < -0.39 is 23.8 Å². The van der Waals surface area contributed by atoms with Gasteiger partial charge in [0.2, 0.25) is 11.8 Å². The van der Waals surface area contributed by atoms with Crippen LogP contribution in [0.2, 0.25) is 0 Å². The lowest BCUT2D eigenvalue weighted by Gasteiger charge is -2.58. The average Bonchev–Trinajstić information content (AvgIpc) is 2.91. The van der Waals surface area contributed by atoms with Crippen LogP contribution in [0.15, 0.2) is 4.52 Å². The number of rotatable bonds is 5. The van der Waals surface area contributed by atoms with Gasteiger partial charge in [-0.2, -0.15) is 4.98 Å². The Morgan fingerprint density at radius 2 is 1.76 bits per heavy atom. The van der Waals surface area contributed by atoms with Gasteiger partial charge >= 0.3 is 5.97 Å². The number of carbonyl (C=O) groups is 2. The largest absolute Gasteiger partial charge is 0.481 e. The molecule has 1 aromatic heterocycles. The summed E-state index contributed by atoms with van der Waals surface area (Å²) < 4.78 is 5.09. The number of carboxylic acid groups (broad SMARTS) is 1. The van der Waals surface area contributed by atoms with Crippen LogP contribution in [0, 0.1) is 36.0 Å². The molecule has 2 atom stereocenters. The van der Waals surface area contributed by atoms with Gasteiger partial charge in [-0.3, -0.25) is 9.59 Å². The maximum Gasteiger partial charge on any atom is 0.316 e. The van der Waals surface area contributed by atoms with E-state index in [1.54, 1.807) is 13.8 Å². The fourth-order valence-electron chi connectivity index (χ4n) is 6.03. The molecule has 0 aliphatic heterocycles. The van der Waals surface area contributed by atoms with Crippen molar-refractivity contribution in [3.05, 3.63) is 11.7 Å². The predicted molar refractivity (Wildman–Crippen MR) is 87.3 cm³/mol. The van der Waals surface area contributed by atoms with Crippen LogP contribution < -0.4 is 5.32 Å². The van der Waals surface area contributed by atoms with Gasteiger partial charge in [0, 0.05) is 0 Å². The second kappa shape index (κ2) is 5.81. The molecule has 4 bridgehead atoms. The van der Waals surface area contributed by atoms with Crippen LogP contribution in [0.1, 0.15) is 63.2 Å². The predicted octanol–water partition coefficient (Wildman–Crippen LogP) is 2.47. The normalized spacial score (nSPS) is 35.4. The van der Waals surface area contributed by atoms with Gasteiger partial charge < -0.3 is 14.9 Å². The first-order valence-corrected chi connectivity index (χ1v) is 9.19. The van der Waals surface area contributed by atoms with Crippen molar-refractivity contribution < 1.29 is 19.2 Å². The minimum Gasteiger partial charge on any atom is -0.481 e. The molecule has 0 radical (unpaired) electrons. The van der Waals surface area contributed by atoms with Gasteiger partial charge in [0.15, 0.2) is 5.82 Å². The minimum absolute atomic E-state index is 0.306. The Morgan fingerprint density at radius 1 is 1.20 bits per heavy atom. The van der Waals surface area contributed by atoms with Gasteiger partial charge in [0.05, 0.1) is 0 Å². The van der Waals surface area contributed by atoms with E-state index in [9.17, 15) is 14.7 Å². The van der Waals surface area contributed by atoms with Gasteiger partial charge in [0.25, 0.3) is 0 Å². The highest BCUT2D eigenvalue weighted by molar-refractivity contribution is 5.98. The molecule has 1 amide bonds. The smallest absolute Gasteiger partial charge is 0.316 e. The number of hydrogen-bond donors (Lipinski definition) is 2. The molecule has 0 spiro atoms. The third-order valence-electron chi connectivity index (χ3n) is 6.48. The van der Waals surface area contributed by atoms with E-state index in [0.717, 1.165) is 19.3 Å². The van der Waals surface area contributed by atoms with Gasteiger partial charge in [0.1, 0.15) is 12.0 Å². The van der Waals surface area contributed by atoms with Gasteiger partial charge in [-0.1, -0.05) is 5.16 Å². The summed E-state index contributed by atoms with van der Waals surface area (Å²) in [6.07, 6.45) is 6.26. The molecule has 1 heterocycles. The summed E-state index contributed by atoms with van der Waals surface area (Å²) in [4.78, 5) is 29.1. The summed E-state index contributed by atoms with van der Waals surface area (Å²) in [7, 11) is 0. The Morgan fingerprint density at radius 3 is 2.20 bits per heavy atom. The van der Waals surface area contributed by atoms with E-state index in [-0.39, 0.29) is 5.41 Å². The number of nitrogens with zero attached hydrogens (tertiary/aromatic N) is 2. The van der Waals surface area contributed by atoms with Gasteiger partial charge in [-0.05, 0) is 75.5 Å². The van der Waals surface area contributed by atoms with Crippen LogP contribution in [-0.4, -0.2) is 27.1 Å². The summed E-state index contributed by atoms with van der Waals surface area (Å²) in [6.45, 7) is 3.44. The SMILES string of the molecule is Cc1noc(C(C)NC(=O)C(C(=O)O)C23CC4CC(CC(C4)C2)C3)n1. The maximum absolute atomic E-state index is 12.9. The highest BCUT2D eigenvalue weighted by Crippen LogP contribution is 2.62. The Bertz CT molecular complexity index is 663. The quantitative estimate of drug-likeness (QED) is 0.793. The molecule has 136 valence electrons. The van der Waals surface area contributed by atoms with Crippen molar-refractivity contribution in [1.82, 2.24) is 15.5 Å². The van der Waals surface area contributed by atoms with Crippen molar-refractivity contribution in [3.63, 3.8) is 0 Å². The van der Waals surface area contributed by atoms with E-state index in [2.05, 4.69) is 15.5 Å². The highest BCUT2D eigenvalue weighted by atomic mass is 16.5. The molecule has 4 saturated carbocycles. The van der Waals surface area contributed by atoms with Crippen LogP contribution in [0.4, 0.5) is 0 Å². The Balaban J connectivity index is 1.55. The molecule has 5 rings (SSSR count). The molecule has 4 aliphatic carbocycles. The van der Waals surface area contributed by atoms with Crippen LogP contribution in [0.25, 0.3) is 0 Å². The average molecular weight is 347 g/mol. The maximum atomic E-state index is 12.9. The zero-order chi connectivity index (χ0) is 17.8. The third kappa shape index (κ3) is 2.83. The van der Waals surface area contributed by atoms with E-state index in [1.807, 2.05) is 0 Å². The van der Waals surface area contributed by atoms with Crippen LogP contribution in [0.3, 0.4) is 0 Å². The number of nitrogens with one attached hydrogen (secondary N) is 1.